The van der Waals surface area contributed by atoms with Crippen molar-refractivity contribution >= 4 is 5.84 Å². The summed E-state index contributed by atoms with van der Waals surface area (Å²) in [7, 11) is 1.66. The Morgan fingerprint density at radius 3 is 2.44 bits per heavy atom. The molecule has 0 fully saturated rings. The zero-order valence-corrected chi connectivity index (χ0v) is 10.2. The molecular weight excluding hydrogens is 200 g/mol. The minimum absolute atomic E-state index is 0.542. The fourth-order valence-corrected chi connectivity index (χ4v) is 1.39. The van der Waals surface area contributed by atoms with Gasteiger partial charge in [0, 0.05) is 12.7 Å². The molecule has 0 heterocycles. The molecule has 0 aliphatic heterocycles. The van der Waals surface area contributed by atoms with Crippen LogP contribution in [0.25, 0.3) is 0 Å². The molecule has 0 aromatic heterocycles. The van der Waals surface area contributed by atoms with Gasteiger partial charge < -0.3 is 10.5 Å². The van der Waals surface area contributed by atoms with Crippen LogP contribution in [-0.2, 0) is 4.74 Å². The topological polar surface area (TPSA) is 47.6 Å². The number of hydrogen-bond donors (Lipinski definition) is 1. The van der Waals surface area contributed by atoms with Crippen LogP contribution in [0, 0.1) is 0 Å². The summed E-state index contributed by atoms with van der Waals surface area (Å²) < 4.78 is 4.92. The number of amidine groups is 1. The highest BCUT2D eigenvalue weighted by Gasteiger charge is 2.01. The van der Waals surface area contributed by atoms with Gasteiger partial charge in [0.2, 0.25) is 0 Å². The highest BCUT2D eigenvalue weighted by molar-refractivity contribution is 5.97. The second-order valence-corrected chi connectivity index (χ2v) is 4.04. The molecule has 0 saturated heterocycles. The van der Waals surface area contributed by atoms with Gasteiger partial charge in [-0.15, -0.1) is 0 Å². The van der Waals surface area contributed by atoms with Gasteiger partial charge in [-0.25, -0.2) is 0 Å². The van der Waals surface area contributed by atoms with E-state index in [1.807, 2.05) is 12.1 Å². The van der Waals surface area contributed by atoms with E-state index >= 15 is 0 Å². The molecule has 1 rings (SSSR count). The van der Waals surface area contributed by atoms with Gasteiger partial charge in [-0.3, -0.25) is 4.99 Å². The molecule has 0 radical (unpaired) electrons. The normalized spacial score (nSPS) is 12.1. The van der Waals surface area contributed by atoms with Crippen LogP contribution in [0.15, 0.2) is 29.3 Å². The minimum Gasteiger partial charge on any atom is -0.384 e. The molecule has 0 bridgehead atoms. The molecular formula is C13H20N2O. The standard InChI is InChI=1S/C13H20N2O/c1-10(2)11-4-6-12(7-5-11)13(14)15-8-9-16-3/h4-7,10H,8-9H2,1-3H3,(H2,14,15). The lowest BCUT2D eigenvalue weighted by Gasteiger charge is -2.06. The molecule has 88 valence electrons. The van der Waals surface area contributed by atoms with Gasteiger partial charge in [0.1, 0.15) is 5.84 Å². The van der Waals surface area contributed by atoms with E-state index < -0.39 is 0 Å². The Morgan fingerprint density at radius 1 is 1.31 bits per heavy atom. The molecule has 3 nitrogen and oxygen atoms in total. The first-order chi connectivity index (χ1) is 7.65. The van der Waals surface area contributed by atoms with Crippen molar-refractivity contribution in [1.82, 2.24) is 0 Å². The Hall–Kier alpha value is -1.35. The number of rotatable bonds is 5. The van der Waals surface area contributed by atoms with Crippen LogP contribution < -0.4 is 5.73 Å². The smallest absolute Gasteiger partial charge is 0.125 e. The van der Waals surface area contributed by atoms with Crippen LogP contribution in [0.1, 0.15) is 30.9 Å². The van der Waals surface area contributed by atoms with E-state index in [2.05, 4.69) is 31.0 Å². The molecule has 2 N–H and O–H groups in total. The maximum atomic E-state index is 5.86. The van der Waals surface area contributed by atoms with Crippen molar-refractivity contribution in [2.75, 3.05) is 20.3 Å². The summed E-state index contributed by atoms with van der Waals surface area (Å²) in [5, 5.41) is 0. The molecule has 1 aromatic rings. The fraction of sp³-hybridized carbons (Fsp3) is 0.462. The van der Waals surface area contributed by atoms with Crippen molar-refractivity contribution in [3.05, 3.63) is 35.4 Å². The van der Waals surface area contributed by atoms with Gasteiger partial charge >= 0.3 is 0 Å². The molecule has 0 aliphatic carbocycles. The second-order valence-electron chi connectivity index (χ2n) is 4.04. The fourth-order valence-electron chi connectivity index (χ4n) is 1.39. The number of hydrogen-bond acceptors (Lipinski definition) is 2. The lowest BCUT2D eigenvalue weighted by Crippen LogP contribution is -2.14. The van der Waals surface area contributed by atoms with Crippen LogP contribution in [-0.4, -0.2) is 26.1 Å². The third kappa shape index (κ3) is 3.66. The van der Waals surface area contributed by atoms with Crippen LogP contribution >= 0.6 is 0 Å². The van der Waals surface area contributed by atoms with E-state index in [-0.39, 0.29) is 0 Å². The number of aliphatic imine (C=N–C) groups is 1. The first-order valence-electron chi connectivity index (χ1n) is 5.54. The summed E-state index contributed by atoms with van der Waals surface area (Å²) in [6, 6.07) is 8.22. The first-order valence-corrected chi connectivity index (χ1v) is 5.54. The Labute approximate surface area is 97.3 Å². The first kappa shape index (κ1) is 12.7. The minimum atomic E-state index is 0.542. The van der Waals surface area contributed by atoms with Gasteiger partial charge in [0.15, 0.2) is 0 Å². The molecule has 0 amide bonds. The zero-order chi connectivity index (χ0) is 12.0. The molecule has 0 saturated carbocycles. The summed E-state index contributed by atoms with van der Waals surface area (Å²) in [6.07, 6.45) is 0. The molecule has 16 heavy (non-hydrogen) atoms. The monoisotopic (exact) mass is 220 g/mol. The molecule has 0 spiro atoms. The van der Waals surface area contributed by atoms with Crippen molar-refractivity contribution < 1.29 is 4.74 Å². The third-order valence-electron chi connectivity index (χ3n) is 2.45. The van der Waals surface area contributed by atoms with Crippen LogP contribution in [0.3, 0.4) is 0 Å². The van der Waals surface area contributed by atoms with Gasteiger partial charge in [-0.05, 0) is 11.5 Å². The number of methoxy groups -OCH3 is 1. The number of nitrogens with zero attached hydrogens (tertiary/aromatic N) is 1. The number of nitrogens with two attached hydrogens (primary N) is 1. The van der Waals surface area contributed by atoms with Crippen LogP contribution in [0.4, 0.5) is 0 Å². The molecule has 0 aliphatic rings. The van der Waals surface area contributed by atoms with E-state index in [1.54, 1.807) is 7.11 Å². The zero-order valence-electron chi connectivity index (χ0n) is 10.2. The van der Waals surface area contributed by atoms with Crippen molar-refractivity contribution in [3.8, 4) is 0 Å². The van der Waals surface area contributed by atoms with Gasteiger partial charge in [0.25, 0.3) is 0 Å². The van der Waals surface area contributed by atoms with E-state index in [9.17, 15) is 0 Å². The average molecular weight is 220 g/mol. The van der Waals surface area contributed by atoms with Crippen molar-refractivity contribution in [2.24, 2.45) is 10.7 Å². The lowest BCUT2D eigenvalue weighted by molar-refractivity contribution is 0.208. The van der Waals surface area contributed by atoms with Crippen LogP contribution in [0.5, 0.6) is 0 Å². The summed E-state index contributed by atoms with van der Waals surface area (Å²) in [5.41, 5.74) is 8.14. The van der Waals surface area contributed by atoms with Gasteiger partial charge in [-0.1, -0.05) is 38.1 Å². The number of ether oxygens (including phenoxy) is 1. The van der Waals surface area contributed by atoms with Crippen molar-refractivity contribution in [3.63, 3.8) is 0 Å². The number of benzene rings is 1. The maximum Gasteiger partial charge on any atom is 0.125 e. The van der Waals surface area contributed by atoms with Crippen molar-refractivity contribution in [1.29, 1.82) is 0 Å². The van der Waals surface area contributed by atoms with Crippen molar-refractivity contribution in [2.45, 2.75) is 19.8 Å². The largest absolute Gasteiger partial charge is 0.384 e. The van der Waals surface area contributed by atoms with E-state index in [1.165, 1.54) is 5.56 Å². The molecule has 0 atom stereocenters. The van der Waals surface area contributed by atoms with Gasteiger partial charge in [0.05, 0.1) is 13.2 Å². The summed E-state index contributed by atoms with van der Waals surface area (Å²) >= 11 is 0. The summed E-state index contributed by atoms with van der Waals surface area (Å²) in [6.45, 7) is 5.55. The molecule has 0 unspecified atom stereocenters. The molecule has 1 aromatic carbocycles. The predicted molar refractivity (Wildman–Crippen MR) is 68.0 cm³/mol. The second kappa shape index (κ2) is 6.28. The Balaban J connectivity index is 2.69. The Kier molecular flexibility index (Phi) is 4.99. The average Bonchev–Trinajstić information content (AvgIpc) is 2.29. The maximum absolute atomic E-state index is 5.86. The Morgan fingerprint density at radius 2 is 1.94 bits per heavy atom. The van der Waals surface area contributed by atoms with Gasteiger partial charge in [-0.2, -0.15) is 0 Å². The van der Waals surface area contributed by atoms with Crippen LogP contribution in [0.2, 0.25) is 0 Å². The lowest BCUT2D eigenvalue weighted by atomic mass is 10.0. The highest BCUT2D eigenvalue weighted by atomic mass is 16.5. The third-order valence-corrected chi connectivity index (χ3v) is 2.45. The SMILES string of the molecule is COCCN=C(N)c1ccc(C(C)C)cc1. The predicted octanol–water partition coefficient (Wildman–Crippen LogP) is 2.16. The highest BCUT2D eigenvalue weighted by Crippen LogP contribution is 2.14. The summed E-state index contributed by atoms with van der Waals surface area (Å²) in [4.78, 5) is 4.23. The van der Waals surface area contributed by atoms with E-state index in [4.69, 9.17) is 10.5 Å². The Bertz CT molecular complexity index is 341. The summed E-state index contributed by atoms with van der Waals surface area (Å²) in [5.74, 6) is 1.12. The van der Waals surface area contributed by atoms with E-state index in [0.29, 0.717) is 24.9 Å². The quantitative estimate of drug-likeness (QED) is 0.469. The van der Waals surface area contributed by atoms with E-state index in [0.717, 1.165) is 5.56 Å². The molecule has 3 heteroatoms.